The third-order valence-electron chi connectivity index (χ3n) is 5.60. The molecular weight excluding hydrogens is 351 g/mol. The number of hydrogen-bond donors (Lipinski definition) is 1. The Morgan fingerprint density at radius 1 is 1.21 bits per heavy atom. The molecule has 0 spiro atoms. The topological polar surface area (TPSA) is 69.9 Å². The first-order chi connectivity index (χ1) is 10.5. The lowest BCUT2D eigenvalue weighted by Gasteiger charge is -2.23. The largest absolute Gasteiger partial charge is 0.342 e. The van der Waals surface area contributed by atoms with Crippen LogP contribution in [0, 0.1) is 17.8 Å². The summed E-state index contributed by atoms with van der Waals surface area (Å²) in [6, 6.07) is 0.254. The van der Waals surface area contributed by atoms with Gasteiger partial charge in [-0.3, -0.25) is 9.59 Å². The molecule has 0 aromatic rings. The molecule has 2 saturated heterocycles. The number of rotatable bonds is 4. The summed E-state index contributed by atoms with van der Waals surface area (Å²) in [5.41, 5.74) is 6.14. The van der Waals surface area contributed by atoms with Crippen molar-refractivity contribution in [2.75, 3.05) is 46.8 Å². The summed E-state index contributed by atoms with van der Waals surface area (Å²) in [5, 5.41) is 0. The van der Waals surface area contributed by atoms with Crippen molar-refractivity contribution in [2.24, 2.45) is 23.5 Å². The van der Waals surface area contributed by atoms with Crippen molar-refractivity contribution in [2.45, 2.75) is 25.3 Å². The molecule has 1 saturated carbocycles. The summed E-state index contributed by atoms with van der Waals surface area (Å²) < 4.78 is 0. The number of hydrogen-bond acceptors (Lipinski definition) is 4. The monoisotopic (exact) mass is 380 g/mol. The number of fused-ring (bicyclic) bond motifs is 1. The van der Waals surface area contributed by atoms with E-state index in [1.165, 1.54) is 0 Å². The molecule has 4 unspecified atom stereocenters. The Bertz CT molecular complexity index is 463. The van der Waals surface area contributed by atoms with E-state index in [0.717, 1.165) is 32.5 Å². The van der Waals surface area contributed by atoms with Gasteiger partial charge in [-0.25, -0.2) is 0 Å². The second kappa shape index (κ2) is 8.70. The molecule has 0 bridgehead atoms. The Morgan fingerprint density at radius 2 is 1.92 bits per heavy atom. The second-order valence-corrected chi connectivity index (χ2v) is 7.45. The summed E-state index contributed by atoms with van der Waals surface area (Å²) in [6.45, 7) is 3.79. The SMILES string of the molecule is CN(C)CCN1CC(C(=O)N2CC3CCC(N)C3C2)CC1=O.Cl.Cl. The average Bonchev–Trinajstić information content (AvgIpc) is 3.13. The number of carbonyl (C=O) groups is 2. The molecule has 3 rings (SSSR count). The van der Waals surface area contributed by atoms with Gasteiger partial charge in [-0.05, 0) is 38.8 Å². The van der Waals surface area contributed by atoms with E-state index < -0.39 is 0 Å². The minimum Gasteiger partial charge on any atom is -0.342 e. The van der Waals surface area contributed by atoms with Gasteiger partial charge in [-0.1, -0.05) is 0 Å². The Kier molecular flexibility index (Phi) is 7.78. The number of carbonyl (C=O) groups excluding carboxylic acids is 2. The molecule has 2 N–H and O–H groups in total. The zero-order chi connectivity index (χ0) is 15.9. The van der Waals surface area contributed by atoms with E-state index in [-0.39, 0.29) is 48.6 Å². The van der Waals surface area contributed by atoms with E-state index in [2.05, 4.69) is 4.90 Å². The molecule has 2 aliphatic heterocycles. The lowest BCUT2D eigenvalue weighted by Crippen LogP contribution is -2.38. The van der Waals surface area contributed by atoms with E-state index in [1.807, 2.05) is 23.9 Å². The third-order valence-corrected chi connectivity index (χ3v) is 5.60. The quantitative estimate of drug-likeness (QED) is 0.767. The Labute approximate surface area is 156 Å². The smallest absolute Gasteiger partial charge is 0.228 e. The van der Waals surface area contributed by atoms with E-state index in [1.54, 1.807) is 0 Å². The first-order valence-corrected chi connectivity index (χ1v) is 8.42. The normalized spacial score (nSPS) is 31.9. The number of likely N-dealkylation sites (tertiary alicyclic amines) is 2. The first kappa shape index (κ1) is 21.5. The summed E-state index contributed by atoms with van der Waals surface area (Å²) >= 11 is 0. The van der Waals surface area contributed by atoms with E-state index in [0.29, 0.717) is 31.3 Å². The van der Waals surface area contributed by atoms with Gasteiger partial charge in [0, 0.05) is 45.2 Å². The van der Waals surface area contributed by atoms with Crippen LogP contribution in [-0.4, -0.2) is 79.4 Å². The molecule has 0 aromatic heterocycles. The summed E-state index contributed by atoms with van der Waals surface area (Å²) in [6.07, 6.45) is 2.62. The maximum atomic E-state index is 12.7. The van der Waals surface area contributed by atoms with Crippen LogP contribution in [-0.2, 0) is 9.59 Å². The summed E-state index contributed by atoms with van der Waals surface area (Å²) in [7, 11) is 3.99. The fourth-order valence-corrected chi connectivity index (χ4v) is 4.22. The van der Waals surface area contributed by atoms with Gasteiger partial charge in [0.05, 0.1) is 5.92 Å². The minimum atomic E-state index is -0.148. The molecule has 6 nitrogen and oxygen atoms in total. The Hall–Kier alpha value is -0.560. The van der Waals surface area contributed by atoms with Gasteiger partial charge < -0.3 is 20.4 Å². The van der Waals surface area contributed by atoms with E-state index >= 15 is 0 Å². The van der Waals surface area contributed by atoms with Crippen molar-refractivity contribution in [3.8, 4) is 0 Å². The molecule has 0 aromatic carbocycles. The van der Waals surface area contributed by atoms with Crippen LogP contribution >= 0.6 is 24.8 Å². The zero-order valence-electron chi connectivity index (χ0n) is 14.5. The number of nitrogens with zero attached hydrogens (tertiary/aromatic N) is 3. The van der Waals surface area contributed by atoms with Crippen molar-refractivity contribution < 1.29 is 9.59 Å². The van der Waals surface area contributed by atoms with Gasteiger partial charge in [0.15, 0.2) is 0 Å². The van der Waals surface area contributed by atoms with Crippen molar-refractivity contribution >= 4 is 36.6 Å². The minimum absolute atomic E-state index is 0. The van der Waals surface area contributed by atoms with Gasteiger partial charge in [0.1, 0.15) is 0 Å². The summed E-state index contributed by atoms with van der Waals surface area (Å²) in [4.78, 5) is 30.7. The van der Waals surface area contributed by atoms with Crippen LogP contribution in [0.5, 0.6) is 0 Å². The van der Waals surface area contributed by atoms with Gasteiger partial charge >= 0.3 is 0 Å². The summed E-state index contributed by atoms with van der Waals surface area (Å²) in [5.74, 6) is 1.20. The van der Waals surface area contributed by atoms with Crippen LogP contribution in [0.1, 0.15) is 19.3 Å². The number of likely N-dealkylation sites (N-methyl/N-ethyl adjacent to an activating group) is 1. The van der Waals surface area contributed by atoms with E-state index in [4.69, 9.17) is 5.73 Å². The molecular formula is C16H30Cl2N4O2. The van der Waals surface area contributed by atoms with Crippen molar-refractivity contribution in [3.63, 3.8) is 0 Å². The molecule has 2 heterocycles. The molecule has 140 valence electrons. The highest BCUT2D eigenvalue weighted by molar-refractivity contribution is 5.89. The van der Waals surface area contributed by atoms with Crippen LogP contribution in [0.15, 0.2) is 0 Å². The van der Waals surface area contributed by atoms with Crippen molar-refractivity contribution in [1.82, 2.24) is 14.7 Å². The lowest BCUT2D eigenvalue weighted by atomic mass is 9.98. The molecule has 8 heteroatoms. The molecule has 1 aliphatic carbocycles. The molecule has 3 aliphatic rings. The van der Waals surface area contributed by atoms with E-state index in [9.17, 15) is 9.59 Å². The highest BCUT2D eigenvalue weighted by Gasteiger charge is 2.45. The van der Waals surface area contributed by atoms with Gasteiger partial charge in [-0.15, -0.1) is 24.8 Å². The Balaban J connectivity index is 0.00000144. The second-order valence-electron chi connectivity index (χ2n) is 7.45. The predicted molar refractivity (Wildman–Crippen MR) is 98.5 cm³/mol. The number of amides is 2. The van der Waals surface area contributed by atoms with Crippen LogP contribution in [0.3, 0.4) is 0 Å². The number of nitrogens with two attached hydrogens (primary N) is 1. The van der Waals surface area contributed by atoms with Crippen LogP contribution in [0.25, 0.3) is 0 Å². The lowest BCUT2D eigenvalue weighted by molar-refractivity contribution is -0.135. The zero-order valence-corrected chi connectivity index (χ0v) is 16.2. The van der Waals surface area contributed by atoms with Crippen LogP contribution in [0.2, 0.25) is 0 Å². The fraction of sp³-hybridized carbons (Fsp3) is 0.875. The molecule has 2 amide bonds. The maximum absolute atomic E-state index is 12.7. The molecule has 24 heavy (non-hydrogen) atoms. The van der Waals surface area contributed by atoms with Crippen molar-refractivity contribution in [1.29, 1.82) is 0 Å². The highest BCUT2D eigenvalue weighted by Crippen LogP contribution is 2.38. The van der Waals surface area contributed by atoms with Crippen LogP contribution < -0.4 is 5.73 Å². The number of halogens is 2. The van der Waals surface area contributed by atoms with Crippen molar-refractivity contribution in [3.05, 3.63) is 0 Å². The first-order valence-electron chi connectivity index (χ1n) is 8.42. The maximum Gasteiger partial charge on any atom is 0.228 e. The predicted octanol–water partition coefficient (Wildman–Crippen LogP) is 0.436. The fourth-order valence-electron chi connectivity index (χ4n) is 4.22. The molecule has 0 radical (unpaired) electrons. The Morgan fingerprint density at radius 3 is 2.54 bits per heavy atom. The van der Waals surface area contributed by atoms with Gasteiger partial charge in [0.25, 0.3) is 0 Å². The van der Waals surface area contributed by atoms with Gasteiger partial charge in [0.2, 0.25) is 11.8 Å². The van der Waals surface area contributed by atoms with Gasteiger partial charge in [-0.2, -0.15) is 0 Å². The van der Waals surface area contributed by atoms with Crippen LogP contribution in [0.4, 0.5) is 0 Å². The standard InChI is InChI=1S/C16H28N4O2.2ClH/c1-18(2)5-6-19-9-12(7-15(19)21)16(22)20-8-11-3-4-14(17)13(11)10-20;;/h11-14H,3-10,17H2,1-2H3;2*1H. The third kappa shape index (κ3) is 4.34. The average molecular weight is 381 g/mol. The molecule has 3 fully saturated rings. The molecule has 4 atom stereocenters. The highest BCUT2D eigenvalue weighted by atomic mass is 35.5.